The number of imidazole rings is 1. The molecule has 0 radical (unpaired) electrons. The third-order valence-corrected chi connectivity index (χ3v) is 5.24. The number of fused-ring (bicyclic) bond motifs is 1. The Bertz CT molecular complexity index is 787. The van der Waals surface area contributed by atoms with Crippen molar-refractivity contribution in [3.8, 4) is 11.3 Å². The van der Waals surface area contributed by atoms with Crippen LogP contribution < -0.4 is 10.6 Å². The van der Waals surface area contributed by atoms with Crippen molar-refractivity contribution in [1.82, 2.24) is 19.5 Å². The van der Waals surface area contributed by atoms with Crippen molar-refractivity contribution < 1.29 is 4.39 Å². The summed E-state index contributed by atoms with van der Waals surface area (Å²) in [6, 6.07) is 6.36. The zero-order valence-electron chi connectivity index (χ0n) is 13.2. The van der Waals surface area contributed by atoms with Gasteiger partial charge in [-0.25, -0.2) is 13.9 Å². The molecular formula is C16H19FN6S. The van der Waals surface area contributed by atoms with Gasteiger partial charge in [0.1, 0.15) is 5.82 Å². The number of rotatable bonds is 4. The first-order chi connectivity index (χ1) is 11.7. The Kier molecular flexibility index (Phi) is 4.17. The molecule has 3 heterocycles. The van der Waals surface area contributed by atoms with Crippen molar-refractivity contribution in [2.24, 2.45) is 5.73 Å². The highest BCUT2D eigenvalue weighted by Gasteiger charge is 2.20. The van der Waals surface area contributed by atoms with Crippen LogP contribution in [0.3, 0.4) is 0 Å². The molecule has 6 nitrogen and oxygen atoms in total. The Morgan fingerprint density at radius 2 is 1.88 bits per heavy atom. The topological polar surface area (TPSA) is 62.7 Å². The van der Waals surface area contributed by atoms with Crippen LogP contribution in [-0.2, 0) is 0 Å². The Morgan fingerprint density at radius 3 is 2.54 bits per heavy atom. The van der Waals surface area contributed by atoms with E-state index in [-0.39, 0.29) is 5.82 Å². The third kappa shape index (κ3) is 3.00. The lowest BCUT2D eigenvalue weighted by Crippen LogP contribution is -2.47. The summed E-state index contributed by atoms with van der Waals surface area (Å²) in [5, 5.41) is 5.65. The molecule has 0 saturated carbocycles. The molecular weight excluding hydrogens is 327 g/mol. The van der Waals surface area contributed by atoms with Crippen molar-refractivity contribution >= 4 is 21.4 Å². The summed E-state index contributed by atoms with van der Waals surface area (Å²) in [5.41, 5.74) is 7.32. The maximum absolute atomic E-state index is 13.0. The number of halogens is 1. The van der Waals surface area contributed by atoms with Crippen LogP contribution >= 0.6 is 11.3 Å². The SMILES string of the molecule is NCCN1CCN(c2nn3cc(-c4ccc(F)cc4)nc3s2)CC1. The largest absolute Gasteiger partial charge is 0.344 e. The van der Waals surface area contributed by atoms with E-state index in [9.17, 15) is 4.39 Å². The molecule has 1 aliphatic rings. The minimum atomic E-state index is -0.242. The summed E-state index contributed by atoms with van der Waals surface area (Å²) in [4.78, 5) is 10.1. The molecule has 0 atom stereocenters. The zero-order valence-corrected chi connectivity index (χ0v) is 14.0. The molecule has 126 valence electrons. The molecule has 0 bridgehead atoms. The van der Waals surface area contributed by atoms with Gasteiger partial charge in [0, 0.05) is 44.8 Å². The van der Waals surface area contributed by atoms with Gasteiger partial charge in [-0.1, -0.05) is 11.3 Å². The first-order valence-corrected chi connectivity index (χ1v) is 8.84. The van der Waals surface area contributed by atoms with E-state index in [1.54, 1.807) is 23.5 Å². The number of benzene rings is 1. The summed E-state index contributed by atoms with van der Waals surface area (Å²) in [5.74, 6) is -0.242. The van der Waals surface area contributed by atoms with E-state index in [1.807, 2.05) is 10.7 Å². The highest BCUT2D eigenvalue weighted by Crippen LogP contribution is 2.27. The molecule has 1 fully saturated rings. The predicted molar refractivity (Wildman–Crippen MR) is 94.0 cm³/mol. The van der Waals surface area contributed by atoms with Crippen molar-refractivity contribution in [2.75, 3.05) is 44.2 Å². The highest BCUT2D eigenvalue weighted by atomic mass is 32.1. The van der Waals surface area contributed by atoms with Crippen LogP contribution in [-0.4, -0.2) is 58.8 Å². The summed E-state index contributed by atoms with van der Waals surface area (Å²) >= 11 is 1.59. The van der Waals surface area contributed by atoms with Gasteiger partial charge >= 0.3 is 0 Å². The molecule has 1 saturated heterocycles. The number of anilines is 1. The number of nitrogens with two attached hydrogens (primary N) is 1. The van der Waals surface area contributed by atoms with Crippen molar-refractivity contribution in [3.63, 3.8) is 0 Å². The second-order valence-electron chi connectivity index (χ2n) is 5.86. The fourth-order valence-corrected chi connectivity index (χ4v) is 3.86. The van der Waals surface area contributed by atoms with Gasteiger partial charge in [-0.3, -0.25) is 4.90 Å². The number of hydrogen-bond acceptors (Lipinski definition) is 6. The minimum Gasteiger partial charge on any atom is -0.344 e. The van der Waals surface area contributed by atoms with Gasteiger partial charge in [0.2, 0.25) is 10.1 Å². The maximum atomic E-state index is 13.0. The fourth-order valence-electron chi connectivity index (χ4n) is 2.92. The van der Waals surface area contributed by atoms with Gasteiger partial charge in [0.15, 0.2) is 0 Å². The molecule has 0 unspecified atom stereocenters. The average molecular weight is 346 g/mol. The zero-order chi connectivity index (χ0) is 16.5. The quantitative estimate of drug-likeness (QED) is 0.779. The molecule has 3 aromatic rings. The average Bonchev–Trinajstić information content (AvgIpc) is 3.15. The minimum absolute atomic E-state index is 0.242. The number of hydrogen-bond donors (Lipinski definition) is 1. The van der Waals surface area contributed by atoms with Gasteiger partial charge in [-0.05, 0) is 24.3 Å². The summed E-state index contributed by atoms with van der Waals surface area (Å²) in [6.07, 6.45) is 1.90. The van der Waals surface area contributed by atoms with Crippen LogP contribution in [0.2, 0.25) is 0 Å². The van der Waals surface area contributed by atoms with E-state index < -0.39 is 0 Å². The Morgan fingerprint density at radius 1 is 1.12 bits per heavy atom. The lowest BCUT2D eigenvalue weighted by molar-refractivity contribution is 0.264. The van der Waals surface area contributed by atoms with Gasteiger partial charge in [-0.15, -0.1) is 5.10 Å². The van der Waals surface area contributed by atoms with Crippen LogP contribution in [0.15, 0.2) is 30.5 Å². The van der Waals surface area contributed by atoms with Crippen LogP contribution in [0.25, 0.3) is 16.2 Å². The predicted octanol–water partition coefficient (Wildman–Crippen LogP) is 1.68. The standard InChI is InChI=1S/C16H19FN6S/c17-13-3-1-12(2-4-13)14-11-23-15(19-14)24-16(20-23)22-9-7-21(6-5-18)8-10-22/h1-4,11H,5-10,18H2. The van der Waals surface area contributed by atoms with E-state index in [0.717, 1.165) is 54.1 Å². The van der Waals surface area contributed by atoms with Crippen molar-refractivity contribution in [3.05, 3.63) is 36.3 Å². The van der Waals surface area contributed by atoms with E-state index in [4.69, 9.17) is 5.73 Å². The molecule has 0 amide bonds. The van der Waals surface area contributed by atoms with Crippen LogP contribution in [0.4, 0.5) is 9.52 Å². The first kappa shape index (κ1) is 15.5. The van der Waals surface area contributed by atoms with Crippen LogP contribution in [0.5, 0.6) is 0 Å². The molecule has 8 heteroatoms. The van der Waals surface area contributed by atoms with E-state index in [1.165, 1.54) is 12.1 Å². The third-order valence-electron chi connectivity index (χ3n) is 4.26. The molecule has 0 spiro atoms. The summed E-state index contributed by atoms with van der Waals surface area (Å²) in [6.45, 7) is 5.61. The van der Waals surface area contributed by atoms with Gasteiger partial charge in [0.05, 0.1) is 11.9 Å². The number of piperazine rings is 1. The summed E-state index contributed by atoms with van der Waals surface area (Å²) in [7, 11) is 0. The second-order valence-corrected chi connectivity index (χ2v) is 6.80. The van der Waals surface area contributed by atoms with Gasteiger partial charge < -0.3 is 10.6 Å². The molecule has 4 rings (SSSR count). The lowest BCUT2D eigenvalue weighted by atomic mass is 10.2. The molecule has 24 heavy (non-hydrogen) atoms. The second kappa shape index (κ2) is 6.46. The van der Waals surface area contributed by atoms with Crippen molar-refractivity contribution in [1.29, 1.82) is 0 Å². The lowest BCUT2D eigenvalue weighted by Gasteiger charge is -2.33. The maximum Gasteiger partial charge on any atom is 0.214 e. The Hall–Kier alpha value is -2.03. The van der Waals surface area contributed by atoms with Gasteiger partial charge in [0.25, 0.3) is 0 Å². The number of aromatic nitrogens is 3. The normalized spacial score (nSPS) is 16.2. The first-order valence-electron chi connectivity index (χ1n) is 8.02. The Balaban J connectivity index is 1.51. The van der Waals surface area contributed by atoms with Crippen LogP contribution in [0.1, 0.15) is 0 Å². The molecule has 1 aliphatic heterocycles. The summed E-state index contributed by atoms with van der Waals surface area (Å²) < 4.78 is 14.8. The Labute approximate surface area is 143 Å². The van der Waals surface area contributed by atoms with Crippen molar-refractivity contribution in [2.45, 2.75) is 0 Å². The molecule has 2 aromatic heterocycles. The van der Waals surface area contributed by atoms with E-state index >= 15 is 0 Å². The smallest absolute Gasteiger partial charge is 0.214 e. The molecule has 0 aliphatic carbocycles. The van der Waals surface area contributed by atoms with Gasteiger partial charge in [-0.2, -0.15) is 0 Å². The monoisotopic (exact) mass is 346 g/mol. The molecule has 2 N–H and O–H groups in total. The fraction of sp³-hybridized carbons (Fsp3) is 0.375. The number of nitrogens with zero attached hydrogens (tertiary/aromatic N) is 5. The van der Waals surface area contributed by atoms with Crippen LogP contribution in [0, 0.1) is 5.82 Å². The van der Waals surface area contributed by atoms with E-state index in [0.29, 0.717) is 6.54 Å². The highest BCUT2D eigenvalue weighted by molar-refractivity contribution is 7.20. The molecule has 1 aromatic carbocycles. The van der Waals surface area contributed by atoms with E-state index in [2.05, 4.69) is 19.9 Å².